The van der Waals surface area contributed by atoms with Gasteiger partial charge < -0.3 is 20.5 Å². The smallest absolute Gasteiger partial charge is 0.323 e. The normalized spacial score (nSPS) is 10.2. The van der Waals surface area contributed by atoms with Crippen molar-refractivity contribution < 1.29 is 14.8 Å². The zero-order chi connectivity index (χ0) is 14.7. The van der Waals surface area contributed by atoms with Gasteiger partial charge >= 0.3 is 5.82 Å². The third-order valence-corrected chi connectivity index (χ3v) is 2.88. The third-order valence-electron chi connectivity index (χ3n) is 2.88. The molecule has 2 N–H and O–H groups in total. The van der Waals surface area contributed by atoms with E-state index in [4.69, 9.17) is 0 Å². The third kappa shape index (κ3) is 2.77. The molecule has 1 amide bonds. The average Bonchev–Trinajstić information content (AvgIpc) is 2.78. The lowest BCUT2D eigenvalue weighted by atomic mass is 10.2. The Kier molecular flexibility index (Phi) is 3.69. The van der Waals surface area contributed by atoms with E-state index in [2.05, 4.69) is 5.32 Å². The lowest BCUT2D eigenvalue weighted by Gasteiger charge is -2.05. The molecule has 7 nitrogen and oxygen atoms in total. The molecular weight excluding hydrogens is 262 g/mol. The van der Waals surface area contributed by atoms with E-state index in [0.717, 1.165) is 5.56 Å². The lowest BCUT2D eigenvalue weighted by molar-refractivity contribution is -0.391. The number of benzene rings is 1. The summed E-state index contributed by atoms with van der Waals surface area (Å²) < 4.78 is 1.22. The summed E-state index contributed by atoms with van der Waals surface area (Å²) in [5.41, 5.74) is 0.943. The molecule has 1 aromatic carbocycles. The highest BCUT2D eigenvalue weighted by molar-refractivity contribution is 5.93. The van der Waals surface area contributed by atoms with Crippen molar-refractivity contribution in [2.75, 3.05) is 0 Å². The van der Waals surface area contributed by atoms with Crippen molar-refractivity contribution in [3.63, 3.8) is 0 Å². The SMILES string of the molecule is Cn1c(C(=O)NCc2cccc(O)c2)ccc1[N+](=O)[O-]. The summed E-state index contributed by atoms with van der Waals surface area (Å²) >= 11 is 0. The molecule has 7 heteroatoms. The van der Waals surface area contributed by atoms with Gasteiger partial charge in [-0.1, -0.05) is 12.1 Å². The fourth-order valence-electron chi connectivity index (χ4n) is 1.85. The van der Waals surface area contributed by atoms with Gasteiger partial charge in [0, 0.05) is 12.6 Å². The summed E-state index contributed by atoms with van der Waals surface area (Å²) in [5, 5.41) is 22.7. The standard InChI is InChI=1S/C13H13N3O4/c1-15-11(5-6-12(15)16(19)20)13(18)14-8-9-3-2-4-10(17)7-9/h2-7,17H,8H2,1H3,(H,14,18). The van der Waals surface area contributed by atoms with Crippen LogP contribution < -0.4 is 5.32 Å². The van der Waals surface area contributed by atoms with Gasteiger partial charge in [-0.3, -0.25) is 4.79 Å². The molecule has 0 saturated heterocycles. The van der Waals surface area contributed by atoms with Crippen LogP contribution in [0.15, 0.2) is 36.4 Å². The second-order valence-corrected chi connectivity index (χ2v) is 4.25. The Balaban J connectivity index is 2.07. The molecule has 0 bridgehead atoms. The zero-order valence-electron chi connectivity index (χ0n) is 10.7. The van der Waals surface area contributed by atoms with Crippen molar-refractivity contribution in [3.05, 3.63) is 57.8 Å². The minimum Gasteiger partial charge on any atom is -0.508 e. The number of rotatable bonds is 4. The summed E-state index contributed by atoms with van der Waals surface area (Å²) in [5.74, 6) is -0.442. The topological polar surface area (TPSA) is 97.4 Å². The van der Waals surface area contributed by atoms with E-state index in [1.807, 2.05) is 0 Å². The van der Waals surface area contributed by atoms with Gasteiger partial charge in [0.2, 0.25) is 0 Å². The Labute approximate surface area is 114 Å². The maximum absolute atomic E-state index is 11.9. The fraction of sp³-hybridized carbons (Fsp3) is 0.154. The van der Waals surface area contributed by atoms with Crippen LogP contribution in [0.2, 0.25) is 0 Å². The van der Waals surface area contributed by atoms with E-state index in [9.17, 15) is 20.0 Å². The average molecular weight is 275 g/mol. The number of hydrogen-bond acceptors (Lipinski definition) is 4. The quantitative estimate of drug-likeness (QED) is 0.653. The van der Waals surface area contributed by atoms with E-state index in [1.165, 1.54) is 35.9 Å². The maximum Gasteiger partial charge on any atom is 0.323 e. The number of nitrogens with one attached hydrogen (secondary N) is 1. The monoisotopic (exact) mass is 275 g/mol. The first-order valence-electron chi connectivity index (χ1n) is 5.85. The van der Waals surface area contributed by atoms with Crippen LogP contribution in [-0.2, 0) is 13.6 Å². The molecule has 104 valence electrons. The van der Waals surface area contributed by atoms with Gasteiger partial charge in [0.05, 0.1) is 7.05 Å². The predicted octanol–water partition coefficient (Wildman–Crippen LogP) is 1.57. The molecule has 2 aromatic rings. The second kappa shape index (κ2) is 5.43. The van der Waals surface area contributed by atoms with Crippen LogP contribution >= 0.6 is 0 Å². The van der Waals surface area contributed by atoms with E-state index < -0.39 is 10.8 Å². The lowest BCUT2D eigenvalue weighted by Crippen LogP contribution is -2.25. The number of hydrogen-bond donors (Lipinski definition) is 2. The Morgan fingerprint density at radius 1 is 1.40 bits per heavy atom. The molecule has 20 heavy (non-hydrogen) atoms. The zero-order valence-corrected chi connectivity index (χ0v) is 10.7. The molecule has 0 radical (unpaired) electrons. The van der Waals surface area contributed by atoms with Crippen molar-refractivity contribution in [2.24, 2.45) is 7.05 Å². The van der Waals surface area contributed by atoms with Gasteiger partial charge in [0.15, 0.2) is 5.69 Å². The van der Waals surface area contributed by atoms with Crippen LogP contribution in [0.4, 0.5) is 5.82 Å². The number of carbonyl (C=O) groups is 1. The number of carbonyl (C=O) groups excluding carboxylic acids is 1. The van der Waals surface area contributed by atoms with Gasteiger partial charge in [-0.15, -0.1) is 0 Å². The molecule has 0 aliphatic heterocycles. The number of phenolic OH excluding ortho intramolecular Hbond substituents is 1. The molecular formula is C13H13N3O4. The summed E-state index contributed by atoms with van der Waals surface area (Å²) in [6.07, 6.45) is 0. The number of phenols is 1. The Morgan fingerprint density at radius 2 is 2.15 bits per heavy atom. The highest BCUT2D eigenvalue weighted by atomic mass is 16.6. The van der Waals surface area contributed by atoms with Crippen LogP contribution in [0, 0.1) is 10.1 Å². The Bertz CT molecular complexity index is 663. The van der Waals surface area contributed by atoms with Crippen molar-refractivity contribution in [3.8, 4) is 5.75 Å². The highest BCUT2D eigenvalue weighted by Crippen LogP contribution is 2.15. The molecule has 0 aliphatic rings. The van der Waals surface area contributed by atoms with E-state index in [0.29, 0.717) is 0 Å². The summed E-state index contributed by atoms with van der Waals surface area (Å²) in [6.45, 7) is 0.228. The molecule has 0 fully saturated rings. The number of aromatic nitrogens is 1. The summed E-state index contributed by atoms with van der Waals surface area (Å²) in [4.78, 5) is 22.1. The first-order chi connectivity index (χ1) is 9.49. The molecule has 0 spiro atoms. The van der Waals surface area contributed by atoms with Gasteiger partial charge in [-0.05, 0) is 28.7 Å². The number of aromatic hydroxyl groups is 1. The molecule has 2 rings (SSSR count). The summed E-state index contributed by atoms with van der Waals surface area (Å²) in [6, 6.07) is 9.18. The first kappa shape index (κ1) is 13.6. The van der Waals surface area contributed by atoms with Gasteiger partial charge in [0.1, 0.15) is 5.75 Å². The van der Waals surface area contributed by atoms with Crippen LogP contribution in [0.1, 0.15) is 16.1 Å². The first-order valence-corrected chi connectivity index (χ1v) is 5.85. The number of amides is 1. The molecule has 0 aliphatic carbocycles. The maximum atomic E-state index is 11.9. The number of nitrogens with zero attached hydrogens (tertiary/aromatic N) is 2. The van der Waals surface area contributed by atoms with E-state index in [-0.39, 0.29) is 23.8 Å². The second-order valence-electron chi connectivity index (χ2n) is 4.25. The van der Waals surface area contributed by atoms with Crippen LogP contribution in [0.3, 0.4) is 0 Å². The van der Waals surface area contributed by atoms with Crippen molar-refractivity contribution in [1.82, 2.24) is 9.88 Å². The van der Waals surface area contributed by atoms with Crippen LogP contribution in [-0.4, -0.2) is 20.5 Å². The minimum absolute atomic E-state index is 0.117. The van der Waals surface area contributed by atoms with Gasteiger partial charge in [0.25, 0.3) is 5.91 Å². The Morgan fingerprint density at radius 3 is 2.75 bits per heavy atom. The number of nitro groups is 1. The van der Waals surface area contributed by atoms with E-state index in [1.54, 1.807) is 12.1 Å². The van der Waals surface area contributed by atoms with Crippen molar-refractivity contribution in [1.29, 1.82) is 0 Å². The molecule has 1 aromatic heterocycles. The van der Waals surface area contributed by atoms with Crippen LogP contribution in [0.25, 0.3) is 0 Å². The van der Waals surface area contributed by atoms with E-state index >= 15 is 0 Å². The Hall–Kier alpha value is -2.83. The highest BCUT2D eigenvalue weighted by Gasteiger charge is 2.20. The van der Waals surface area contributed by atoms with Crippen LogP contribution in [0.5, 0.6) is 5.75 Å². The van der Waals surface area contributed by atoms with Gasteiger partial charge in [-0.25, -0.2) is 4.57 Å². The van der Waals surface area contributed by atoms with Crippen molar-refractivity contribution in [2.45, 2.75) is 6.54 Å². The molecule has 0 unspecified atom stereocenters. The van der Waals surface area contributed by atoms with Gasteiger partial charge in [-0.2, -0.15) is 0 Å². The molecule has 0 saturated carbocycles. The molecule has 0 atom stereocenters. The fourth-order valence-corrected chi connectivity index (χ4v) is 1.85. The predicted molar refractivity (Wildman–Crippen MR) is 71.3 cm³/mol. The largest absolute Gasteiger partial charge is 0.508 e. The molecule has 1 heterocycles. The summed E-state index contributed by atoms with van der Waals surface area (Å²) in [7, 11) is 1.46. The minimum atomic E-state index is -0.550. The van der Waals surface area contributed by atoms with Crippen molar-refractivity contribution >= 4 is 11.7 Å².